The predicted octanol–water partition coefficient (Wildman–Crippen LogP) is 4.30. The number of Topliss-reactive ketones (excluding diaryl/α,β-unsaturated/α-hetero) is 1. The van der Waals surface area contributed by atoms with Crippen LogP contribution in [-0.2, 0) is 14.3 Å². The van der Waals surface area contributed by atoms with Crippen LogP contribution in [0.1, 0.15) is 38.3 Å². The van der Waals surface area contributed by atoms with Crippen molar-refractivity contribution in [1.29, 1.82) is 0 Å². The van der Waals surface area contributed by atoms with Gasteiger partial charge in [-0.2, -0.15) is 0 Å². The van der Waals surface area contributed by atoms with Crippen LogP contribution in [0.15, 0.2) is 72.8 Å². The minimum Gasteiger partial charge on any atom is -0.457 e. The number of rotatable bonds is 7. The van der Waals surface area contributed by atoms with Gasteiger partial charge in [0, 0.05) is 24.2 Å². The summed E-state index contributed by atoms with van der Waals surface area (Å²) in [6.45, 7) is 3.64. The summed E-state index contributed by atoms with van der Waals surface area (Å²) in [5.41, 5.74) is 3.47. The number of anilines is 1. The molecule has 0 N–H and O–H groups in total. The van der Waals surface area contributed by atoms with Gasteiger partial charge in [-0.05, 0) is 61.4 Å². The molecule has 178 valence electrons. The number of esters is 2. The average molecular weight is 472 g/mol. The minimum absolute atomic E-state index is 0.0439. The second kappa shape index (κ2) is 10.3. The number of para-hydroxylation sites is 1. The van der Waals surface area contributed by atoms with Gasteiger partial charge in [-0.3, -0.25) is 14.4 Å². The molecule has 0 unspecified atom stereocenters. The number of aryl methyl sites for hydroxylation is 2. The van der Waals surface area contributed by atoms with Crippen LogP contribution in [0.4, 0.5) is 5.69 Å². The van der Waals surface area contributed by atoms with Crippen molar-refractivity contribution in [2.24, 2.45) is 5.92 Å². The summed E-state index contributed by atoms with van der Waals surface area (Å²) in [6, 6.07) is 20.4. The molecule has 1 saturated heterocycles. The lowest BCUT2D eigenvalue weighted by atomic mass is 10.1. The van der Waals surface area contributed by atoms with Gasteiger partial charge in [-0.25, -0.2) is 4.79 Å². The van der Waals surface area contributed by atoms with Gasteiger partial charge in [0.05, 0.1) is 11.5 Å². The third-order valence-corrected chi connectivity index (χ3v) is 5.91. The zero-order valence-corrected chi connectivity index (χ0v) is 19.5. The first-order chi connectivity index (χ1) is 16.8. The van der Waals surface area contributed by atoms with Crippen LogP contribution < -0.4 is 9.64 Å². The first-order valence-electron chi connectivity index (χ1n) is 11.3. The van der Waals surface area contributed by atoms with Gasteiger partial charge >= 0.3 is 11.9 Å². The Morgan fingerprint density at radius 3 is 2.17 bits per heavy atom. The SMILES string of the molecule is Cc1cccc(C)c1N1C[C@@H](C(=O)OCC(=O)c2ccc(OC(=O)c3ccccc3)cc2)CC1=O. The number of carbonyl (C=O) groups is 4. The molecular formula is C28H25NO6. The Labute approximate surface area is 203 Å². The van der Waals surface area contributed by atoms with Crippen LogP contribution in [0.2, 0.25) is 0 Å². The molecule has 0 aliphatic carbocycles. The molecule has 1 amide bonds. The zero-order valence-electron chi connectivity index (χ0n) is 19.5. The number of nitrogens with zero attached hydrogens (tertiary/aromatic N) is 1. The number of ether oxygens (including phenoxy) is 2. The molecule has 0 saturated carbocycles. The van der Waals surface area contributed by atoms with Crippen molar-refractivity contribution in [3.8, 4) is 5.75 Å². The predicted molar refractivity (Wildman–Crippen MR) is 130 cm³/mol. The van der Waals surface area contributed by atoms with Crippen molar-refractivity contribution >= 4 is 29.3 Å². The molecule has 0 spiro atoms. The molecule has 0 bridgehead atoms. The Kier molecular flexibility index (Phi) is 7.06. The minimum atomic E-state index is -0.630. The van der Waals surface area contributed by atoms with Crippen LogP contribution in [0.3, 0.4) is 0 Å². The fourth-order valence-electron chi connectivity index (χ4n) is 4.10. The van der Waals surface area contributed by atoms with Crippen molar-refractivity contribution in [2.45, 2.75) is 20.3 Å². The number of ketones is 1. The molecule has 1 heterocycles. The number of carbonyl (C=O) groups excluding carboxylic acids is 4. The van der Waals surface area contributed by atoms with Crippen LogP contribution >= 0.6 is 0 Å². The van der Waals surface area contributed by atoms with E-state index in [9.17, 15) is 19.2 Å². The van der Waals surface area contributed by atoms with Crippen molar-refractivity contribution in [3.05, 3.63) is 95.1 Å². The highest BCUT2D eigenvalue weighted by Gasteiger charge is 2.37. The van der Waals surface area contributed by atoms with E-state index in [1.165, 1.54) is 24.3 Å². The van der Waals surface area contributed by atoms with Gasteiger partial charge in [-0.1, -0.05) is 36.4 Å². The molecule has 7 heteroatoms. The summed E-state index contributed by atoms with van der Waals surface area (Å²) < 4.78 is 10.5. The van der Waals surface area contributed by atoms with Crippen molar-refractivity contribution in [2.75, 3.05) is 18.1 Å². The number of hydrogen-bond donors (Lipinski definition) is 0. The summed E-state index contributed by atoms with van der Waals surface area (Å²) >= 11 is 0. The van der Waals surface area contributed by atoms with E-state index in [1.807, 2.05) is 32.0 Å². The topological polar surface area (TPSA) is 90.0 Å². The molecule has 3 aromatic carbocycles. The first-order valence-corrected chi connectivity index (χ1v) is 11.3. The van der Waals surface area contributed by atoms with E-state index < -0.39 is 30.2 Å². The van der Waals surface area contributed by atoms with E-state index in [1.54, 1.807) is 35.2 Å². The van der Waals surface area contributed by atoms with Gasteiger partial charge in [-0.15, -0.1) is 0 Å². The van der Waals surface area contributed by atoms with Crippen molar-refractivity contribution in [1.82, 2.24) is 0 Å². The first kappa shape index (κ1) is 23.9. The number of hydrogen-bond acceptors (Lipinski definition) is 6. The maximum Gasteiger partial charge on any atom is 0.343 e. The molecule has 0 radical (unpaired) electrons. The molecule has 1 atom stereocenters. The smallest absolute Gasteiger partial charge is 0.343 e. The third-order valence-electron chi connectivity index (χ3n) is 5.91. The van der Waals surface area contributed by atoms with Gasteiger partial charge in [0.1, 0.15) is 5.75 Å². The Morgan fingerprint density at radius 1 is 0.857 bits per heavy atom. The Bertz CT molecular complexity index is 1250. The maximum absolute atomic E-state index is 12.6. The highest BCUT2D eigenvalue weighted by molar-refractivity contribution is 6.02. The fourth-order valence-corrected chi connectivity index (χ4v) is 4.10. The van der Waals surface area contributed by atoms with Crippen LogP contribution in [0.5, 0.6) is 5.75 Å². The third kappa shape index (κ3) is 5.46. The standard InChI is InChI=1S/C28H25NO6/c1-18-7-6-8-19(2)26(18)29-16-22(15-25(29)31)27(32)34-17-24(30)20-11-13-23(14-12-20)35-28(33)21-9-4-3-5-10-21/h3-14,22H,15-17H2,1-2H3/t22-/m0/s1. The van der Waals surface area contributed by atoms with Gasteiger partial charge in [0.2, 0.25) is 5.91 Å². The highest BCUT2D eigenvalue weighted by Crippen LogP contribution is 2.31. The van der Waals surface area contributed by atoms with Gasteiger partial charge in [0.15, 0.2) is 12.4 Å². The van der Waals surface area contributed by atoms with Crippen LogP contribution in [0, 0.1) is 19.8 Å². The van der Waals surface area contributed by atoms with Crippen molar-refractivity contribution < 1.29 is 28.7 Å². The lowest BCUT2D eigenvalue weighted by Crippen LogP contribution is -2.28. The van der Waals surface area contributed by atoms with E-state index >= 15 is 0 Å². The normalized spacial score (nSPS) is 15.1. The Balaban J connectivity index is 1.31. The van der Waals surface area contributed by atoms with E-state index in [4.69, 9.17) is 9.47 Å². The van der Waals surface area contributed by atoms with E-state index in [2.05, 4.69) is 0 Å². The van der Waals surface area contributed by atoms with E-state index in [0.29, 0.717) is 16.9 Å². The molecule has 0 aromatic heterocycles. The summed E-state index contributed by atoms with van der Waals surface area (Å²) in [4.78, 5) is 51.4. The molecule has 1 fully saturated rings. The molecule has 1 aliphatic rings. The van der Waals surface area contributed by atoms with Gasteiger partial charge < -0.3 is 14.4 Å². The lowest BCUT2D eigenvalue weighted by molar-refractivity contribution is -0.147. The quantitative estimate of drug-likeness (QED) is 0.290. The summed E-state index contributed by atoms with van der Waals surface area (Å²) in [5, 5.41) is 0. The van der Waals surface area contributed by atoms with Crippen LogP contribution in [-0.4, -0.2) is 36.8 Å². The lowest BCUT2D eigenvalue weighted by Gasteiger charge is -2.21. The largest absolute Gasteiger partial charge is 0.457 e. The maximum atomic E-state index is 12.6. The molecular weight excluding hydrogens is 446 g/mol. The molecule has 35 heavy (non-hydrogen) atoms. The zero-order chi connectivity index (χ0) is 24.9. The van der Waals surface area contributed by atoms with E-state index in [-0.39, 0.29) is 18.9 Å². The molecule has 7 nitrogen and oxygen atoms in total. The number of benzene rings is 3. The fraction of sp³-hybridized carbons (Fsp3) is 0.214. The molecule has 4 rings (SSSR count). The van der Waals surface area contributed by atoms with Crippen molar-refractivity contribution in [3.63, 3.8) is 0 Å². The Hall–Kier alpha value is -4.26. The Morgan fingerprint density at radius 2 is 1.51 bits per heavy atom. The average Bonchev–Trinajstić information content (AvgIpc) is 3.24. The molecule has 1 aliphatic heterocycles. The van der Waals surface area contributed by atoms with Gasteiger partial charge in [0.25, 0.3) is 0 Å². The highest BCUT2D eigenvalue weighted by atomic mass is 16.5. The monoisotopic (exact) mass is 471 g/mol. The second-order valence-electron chi connectivity index (χ2n) is 8.46. The summed E-state index contributed by atoms with van der Waals surface area (Å²) in [5.74, 6) is -1.95. The molecule has 3 aromatic rings. The summed E-state index contributed by atoms with van der Waals surface area (Å²) in [6.07, 6.45) is 0.0439. The summed E-state index contributed by atoms with van der Waals surface area (Å²) in [7, 11) is 0. The number of amides is 1. The van der Waals surface area contributed by atoms with E-state index in [0.717, 1.165) is 16.8 Å². The second-order valence-corrected chi connectivity index (χ2v) is 8.46. The van der Waals surface area contributed by atoms with Crippen LogP contribution in [0.25, 0.3) is 0 Å².